The first-order valence-electron chi connectivity index (χ1n) is 6.23. The zero-order valence-electron chi connectivity index (χ0n) is 11.6. The fourth-order valence-electron chi connectivity index (χ4n) is 1.87. The fraction of sp³-hybridized carbons (Fsp3) is 0.133. The molecule has 0 saturated heterocycles. The highest BCUT2D eigenvalue weighted by atomic mass is 32.2. The summed E-state index contributed by atoms with van der Waals surface area (Å²) in [6, 6.07) is 10.9. The van der Waals surface area contributed by atoms with Gasteiger partial charge in [0, 0.05) is 5.56 Å². The monoisotopic (exact) mass is 305 g/mol. The number of rotatable bonds is 3. The Morgan fingerprint density at radius 2 is 1.76 bits per heavy atom. The van der Waals surface area contributed by atoms with Gasteiger partial charge in [-0.15, -0.1) is 0 Å². The van der Waals surface area contributed by atoms with E-state index < -0.39 is 15.9 Å². The first-order valence-corrected chi connectivity index (χ1v) is 7.72. The molecule has 0 aliphatic rings. The van der Waals surface area contributed by atoms with E-state index in [1.807, 2.05) is 4.72 Å². The molecule has 2 aromatic rings. The van der Waals surface area contributed by atoms with E-state index >= 15 is 0 Å². The highest BCUT2D eigenvalue weighted by Crippen LogP contribution is 2.25. The lowest BCUT2D eigenvalue weighted by Gasteiger charge is -2.10. The lowest BCUT2D eigenvalue weighted by molar-refractivity contribution is 0.0981. The van der Waals surface area contributed by atoms with Gasteiger partial charge in [-0.2, -0.15) is 0 Å². The normalized spacial score (nSPS) is 11.1. The zero-order chi connectivity index (χ0) is 15.6. The number of carbonyl (C=O) groups excluding carboxylic acids is 1. The number of carbonyl (C=O) groups is 1. The molecule has 2 rings (SSSR count). The van der Waals surface area contributed by atoms with E-state index in [4.69, 9.17) is 0 Å². The highest BCUT2D eigenvalue weighted by Gasteiger charge is 2.22. The van der Waals surface area contributed by atoms with Crippen molar-refractivity contribution < 1.29 is 18.3 Å². The summed E-state index contributed by atoms with van der Waals surface area (Å²) in [5.74, 6) is -1.10. The van der Waals surface area contributed by atoms with Crippen molar-refractivity contribution in [2.75, 3.05) is 0 Å². The maximum atomic E-state index is 12.2. The van der Waals surface area contributed by atoms with Crippen LogP contribution in [0.25, 0.3) is 0 Å². The Morgan fingerprint density at radius 3 is 2.43 bits per heavy atom. The zero-order valence-corrected chi connectivity index (χ0v) is 12.4. The summed E-state index contributed by atoms with van der Waals surface area (Å²) in [5, 5.41) is 9.83. The quantitative estimate of drug-likeness (QED) is 0.910. The topological polar surface area (TPSA) is 83.5 Å². The fourth-order valence-corrected chi connectivity index (χ4v) is 3.02. The van der Waals surface area contributed by atoms with Crippen LogP contribution >= 0.6 is 0 Å². The second-order valence-electron chi connectivity index (χ2n) is 4.73. The maximum absolute atomic E-state index is 12.2. The van der Waals surface area contributed by atoms with Crippen LogP contribution in [0.4, 0.5) is 0 Å². The second kappa shape index (κ2) is 5.57. The first kappa shape index (κ1) is 15.1. The van der Waals surface area contributed by atoms with Gasteiger partial charge in [0.05, 0.1) is 0 Å². The number of hydrogen-bond donors (Lipinski definition) is 2. The van der Waals surface area contributed by atoms with Crippen LogP contribution in [0.5, 0.6) is 5.75 Å². The lowest BCUT2D eigenvalue weighted by atomic mass is 10.1. The van der Waals surface area contributed by atoms with Crippen molar-refractivity contribution in [3.8, 4) is 5.75 Å². The molecule has 2 N–H and O–H groups in total. The average molecular weight is 305 g/mol. The summed E-state index contributed by atoms with van der Waals surface area (Å²) in [6.45, 7) is 3.38. The molecular weight excluding hydrogens is 290 g/mol. The van der Waals surface area contributed by atoms with Crippen LogP contribution in [0.15, 0.2) is 47.4 Å². The van der Waals surface area contributed by atoms with E-state index in [1.165, 1.54) is 18.2 Å². The molecule has 21 heavy (non-hydrogen) atoms. The third kappa shape index (κ3) is 3.22. The number of nitrogens with one attached hydrogen (secondary N) is 1. The van der Waals surface area contributed by atoms with Crippen molar-refractivity contribution in [3.05, 3.63) is 59.2 Å². The molecule has 0 aliphatic heterocycles. The molecule has 0 unspecified atom stereocenters. The molecule has 0 aliphatic carbocycles. The van der Waals surface area contributed by atoms with Crippen molar-refractivity contribution in [1.29, 1.82) is 0 Å². The Kier molecular flexibility index (Phi) is 3.99. The minimum Gasteiger partial charge on any atom is -0.506 e. The molecule has 0 fully saturated rings. The van der Waals surface area contributed by atoms with Crippen LogP contribution in [0.2, 0.25) is 0 Å². The van der Waals surface area contributed by atoms with Gasteiger partial charge < -0.3 is 5.11 Å². The molecule has 5 nitrogen and oxygen atoms in total. The molecule has 2 aromatic carbocycles. The van der Waals surface area contributed by atoms with Crippen molar-refractivity contribution >= 4 is 15.9 Å². The number of sulfonamides is 1. The van der Waals surface area contributed by atoms with Crippen molar-refractivity contribution in [2.24, 2.45) is 0 Å². The Hall–Kier alpha value is -2.34. The van der Waals surface area contributed by atoms with E-state index in [-0.39, 0.29) is 16.2 Å². The van der Waals surface area contributed by atoms with Crippen molar-refractivity contribution in [2.45, 2.75) is 18.7 Å². The number of para-hydroxylation sites is 1. The van der Waals surface area contributed by atoms with Gasteiger partial charge in [-0.3, -0.25) is 4.79 Å². The lowest BCUT2D eigenvalue weighted by Crippen LogP contribution is -2.30. The molecule has 0 aromatic heterocycles. The van der Waals surface area contributed by atoms with Crippen LogP contribution in [-0.2, 0) is 10.0 Å². The van der Waals surface area contributed by atoms with Crippen LogP contribution in [0.1, 0.15) is 21.5 Å². The molecule has 0 radical (unpaired) electrons. The highest BCUT2D eigenvalue weighted by molar-refractivity contribution is 7.90. The number of phenolic OH excluding ortho intramolecular Hbond substituents is 1. The third-order valence-electron chi connectivity index (χ3n) is 3.00. The summed E-state index contributed by atoms with van der Waals surface area (Å²) in [7, 11) is -4.12. The number of aromatic hydroxyl groups is 1. The third-order valence-corrected chi connectivity index (χ3v) is 4.36. The summed E-state index contributed by atoms with van der Waals surface area (Å²) in [5.41, 5.74) is 1.50. The van der Waals surface area contributed by atoms with Gasteiger partial charge in [0.2, 0.25) is 0 Å². The van der Waals surface area contributed by atoms with E-state index in [0.29, 0.717) is 5.56 Å². The number of aryl methyl sites for hydroxylation is 2. The predicted octanol–water partition coefficient (Wildman–Crippen LogP) is 2.13. The Balaban J connectivity index is 2.34. The van der Waals surface area contributed by atoms with Crippen molar-refractivity contribution in [3.63, 3.8) is 0 Å². The number of phenols is 1. The van der Waals surface area contributed by atoms with Crippen LogP contribution in [0, 0.1) is 13.8 Å². The molecule has 0 saturated carbocycles. The Bertz CT molecular complexity index is 797. The Labute approximate surface area is 123 Å². The predicted molar refractivity (Wildman–Crippen MR) is 78.7 cm³/mol. The van der Waals surface area contributed by atoms with Crippen LogP contribution < -0.4 is 4.72 Å². The molecule has 0 heterocycles. The minimum absolute atomic E-state index is 0.241. The van der Waals surface area contributed by atoms with Gasteiger partial charge in [0.15, 0.2) is 0 Å². The van der Waals surface area contributed by atoms with E-state index in [1.54, 1.807) is 38.1 Å². The van der Waals surface area contributed by atoms with Crippen LogP contribution in [0.3, 0.4) is 0 Å². The number of amides is 1. The summed E-state index contributed by atoms with van der Waals surface area (Å²) in [4.78, 5) is 11.7. The van der Waals surface area contributed by atoms with Gasteiger partial charge in [-0.05, 0) is 37.6 Å². The molecular formula is C15H15NO4S. The maximum Gasteiger partial charge on any atom is 0.268 e. The SMILES string of the molecule is Cc1cccc(C(=O)NS(=O)(=O)c2cccc(C)c2O)c1. The molecule has 0 bridgehead atoms. The number of hydrogen-bond acceptors (Lipinski definition) is 4. The van der Waals surface area contributed by atoms with Gasteiger partial charge in [0.1, 0.15) is 10.6 Å². The number of benzene rings is 2. The molecule has 110 valence electrons. The Morgan fingerprint density at radius 1 is 1.10 bits per heavy atom. The van der Waals surface area contributed by atoms with E-state index in [9.17, 15) is 18.3 Å². The molecule has 0 atom stereocenters. The summed E-state index contributed by atoms with van der Waals surface area (Å²) >= 11 is 0. The van der Waals surface area contributed by atoms with E-state index in [0.717, 1.165) is 5.56 Å². The minimum atomic E-state index is -4.12. The molecule has 6 heteroatoms. The van der Waals surface area contributed by atoms with Crippen molar-refractivity contribution in [1.82, 2.24) is 4.72 Å². The molecule has 1 amide bonds. The first-order chi connectivity index (χ1) is 9.81. The second-order valence-corrected chi connectivity index (χ2v) is 6.38. The largest absolute Gasteiger partial charge is 0.506 e. The smallest absolute Gasteiger partial charge is 0.268 e. The van der Waals surface area contributed by atoms with E-state index in [2.05, 4.69) is 0 Å². The van der Waals surface area contributed by atoms with Gasteiger partial charge in [0.25, 0.3) is 15.9 Å². The summed E-state index contributed by atoms with van der Waals surface area (Å²) in [6.07, 6.45) is 0. The standard InChI is InChI=1S/C15H15NO4S/c1-10-5-3-7-12(9-10)15(18)16-21(19,20)13-8-4-6-11(2)14(13)17/h3-9,17H,1-2H3,(H,16,18). The average Bonchev–Trinajstić information content (AvgIpc) is 2.41. The van der Waals surface area contributed by atoms with Gasteiger partial charge in [-0.1, -0.05) is 29.8 Å². The summed E-state index contributed by atoms with van der Waals surface area (Å²) < 4.78 is 26.3. The van der Waals surface area contributed by atoms with Crippen LogP contribution in [-0.4, -0.2) is 19.4 Å². The molecule has 0 spiro atoms. The van der Waals surface area contributed by atoms with Gasteiger partial charge in [-0.25, -0.2) is 13.1 Å². The van der Waals surface area contributed by atoms with Gasteiger partial charge >= 0.3 is 0 Å².